The van der Waals surface area contributed by atoms with Gasteiger partial charge in [-0.25, -0.2) is 0 Å². The van der Waals surface area contributed by atoms with Crippen molar-refractivity contribution in [2.75, 3.05) is 13.1 Å². The normalized spacial score (nSPS) is 13.6. The molecule has 1 aromatic carbocycles. The van der Waals surface area contributed by atoms with Crippen molar-refractivity contribution in [2.45, 2.75) is 32.2 Å². The quantitative estimate of drug-likeness (QED) is 0.792. The molecule has 5 nitrogen and oxygen atoms in total. The van der Waals surface area contributed by atoms with Gasteiger partial charge in [0.2, 0.25) is 5.91 Å². The van der Waals surface area contributed by atoms with Crippen molar-refractivity contribution >= 4 is 11.7 Å². The van der Waals surface area contributed by atoms with E-state index in [1.165, 1.54) is 11.1 Å². The predicted octanol–water partition coefficient (Wildman–Crippen LogP) is 2.05. The van der Waals surface area contributed by atoms with Gasteiger partial charge in [-0.15, -0.1) is 0 Å². The number of nitrogens with zero attached hydrogens (tertiary/aromatic N) is 1. The van der Waals surface area contributed by atoms with Crippen LogP contribution in [0.5, 0.6) is 0 Å². The van der Waals surface area contributed by atoms with Gasteiger partial charge in [-0.2, -0.15) is 0 Å². The van der Waals surface area contributed by atoms with Crippen LogP contribution in [0.25, 0.3) is 0 Å². The number of pyridine rings is 1. The number of rotatable bonds is 6. The van der Waals surface area contributed by atoms with Crippen LogP contribution in [0.15, 0.2) is 42.6 Å². The van der Waals surface area contributed by atoms with E-state index >= 15 is 0 Å². The Morgan fingerprint density at radius 3 is 2.68 bits per heavy atom. The highest BCUT2D eigenvalue weighted by molar-refractivity contribution is 5.98. The fourth-order valence-electron chi connectivity index (χ4n) is 3.00. The van der Waals surface area contributed by atoms with E-state index in [0.717, 1.165) is 31.6 Å². The summed E-state index contributed by atoms with van der Waals surface area (Å²) in [4.78, 5) is 28.5. The molecule has 5 heteroatoms. The summed E-state index contributed by atoms with van der Waals surface area (Å²) in [5.74, 6) is -0.106. The molecule has 25 heavy (non-hydrogen) atoms. The molecule has 0 unspecified atom stereocenters. The molecule has 3 rings (SSSR count). The first-order valence-electron chi connectivity index (χ1n) is 8.75. The van der Waals surface area contributed by atoms with Crippen molar-refractivity contribution in [3.05, 3.63) is 65.0 Å². The monoisotopic (exact) mass is 337 g/mol. The molecule has 2 N–H and O–H groups in total. The van der Waals surface area contributed by atoms with E-state index in [0.29, 0.717) is 12.1 Å². The van der Waals surface area contributed by atoms with Crippen molar-refractivity contribution in [1.82, 2.24) is 15.6 Å². The number of amides is 1. The standard InChI is InChI=1S/C20H23N3O2/c24-19(6-7-20(25)23-14-18-3-1-2-10-22-18)17-5-4-15-8-11-21-12-9-16(15)13-17/h1-5,10,13,21H,6-9,11-12,14H2,(H,23,25). The molecule has 0 radical (unpaired) electrons. The van der Waals surface area contributed by atoms with Gasteiger partial charge >= 0.3 is 0 Å². The zero-order chi connectivity index (χ0) is 17.5. The summed E-state index contributed by atoms with van der Waals surface area (Å²) >= 11 is 0. The van der Waals surface area contributed by atoms with Gasteiger partial charge in [0.15, 0.2) is 5.78 Å². The van der Waals surface area contributed by atoms with Crippen LogP contribution in [0.2, 0.25) is 0 Å². The lowest BCUT2D eigenvalue weighted by Gasteiger charge is -2.08. The average Bonchev–Trinajstić information content (AvgIpc) is 2.90. The van der Waals surface area contributed by atoms with E-state index in [2.05, 4.69) is 21.7 Å². The number of nitrogens with one attached hydrogen (secondary N) is 2. The number of carbonyl (C=O) groups is 2. The van der Waals surface area contributed by atoms with Gasteiger partial charge in [-0.3, -0.25) is 14.6 Å². The first-order chi connectivity index (χ1) is 12.2. The third-order valence-electron chi connectivity index (χ3n) is 4.44. The average molecular weight is 337 g/mol. The summed E-state index contributed by atoms with van der Waals surface area (Å²) < 4.78 is 0. The molecule has 2 aromatic rings. The summed E-state index contributed by atoms with van der Waals surface area (Å²) in [6.07, 6.45) is 4.06. The lowest BCUT2D eigenvalue weighted by Crippen LogP contribution is -2.23. The van der Waals surface area contributed by atoms with E-state index < -0.39 is 0 Å². The van der Waals surface area contributed by atoms with E-state index in [4.69, 9.17) is 0 Å². The van der Waals surface area contributed by atoms with Crippen LogP contribution in [-0.2, 0) is 24.2 Å². The van der Waals surface area contributed by atoms with Gasteiger partial charge in [0.05, 0.1) is 12.2 Å². The molecule has 0 saturated heterocycles. The third-order valence-corrected chi connectivity index (χ3v) is 4.44. The Balaban J connectivity index is 1.50. The molecule has 0 spiro atoms. The first-order valence-corrected chi connectivity index (χ1v) is 8.75. The molecule has 0 saturated carbocycles. The zero-order valence-electron chi connectivity index (χ0n) is 14.3. The highest BCUT2D eigenvalue weighted by Crippen LogP contribution is 2.17. The Morgan fingerprint density at radius 2 is 1.88 bits per heavy atom. The van der Waals surface area contributed by atoms with Crippen LogP contribution in [0.4, 0.5) is 0 Å². The second-order valence-corrected chi connectivity index (χ2v) is 6.25. The second kappa shape index (κ2) is 8.53. The molecular weight excluding hydrogens is 314 g/mol. The summed E-state index contributed by atoms with van der Waals surface area (Å²) in [6, 6.07) is 11.5. The molecule has 0 bridgehead atoms. The number of carbonyl (C=O) groups excluding carboxylic acids is 2. The van der Waals surface area contributed by atoms with Crippen LogP contribution < -0.4 is 10.6 Å². The maximum absolute atomic E-state index is 12.4. The van der Waals surface area contributed by atoms with Crippen molar-refractivity contribution in [3.63, 3.8) is 0 Å². The Labute approximate surface area is 147 Å². The number of hydrogen-bond donors (Lipinski definition) is 2. The van der Waals surface area contributed by atoms with Crippen LogP contribution >= 0.6 is 0 Å². The summed E-state index contributed by atoms with van der Waals surface area (Å²) in [6.45, 7) is 2.32. The van der Waals surface area contributed by atoms with Gasteiger partial charge in [0.25, 0.3) is 0 Å². The van der Waals surface area contributed by atoms with E-state index in [1.807, 2.05) is 30.3 Å². The summed E-state index contributed by atoms with van der Waals surface area (Å²) in [5.41, 5.74) is 4.07. The fourth-order valence-corrected chi connectivity index (χ4v) is 3.00. The number of fused-ring (bicyclic) bond motifs is 1. The van der Waals surface area contributed by atoms with E-state index in [-0.39, 0.29) is 24.5 Å². The van der Waals surface area contributed by atoms with Crippen molar-refractivity contribution < 1.29 is 9.59 Å². The minimum absolute atomic E-state index is 0.0213. The van der Waals surface area contributed by atoms with Crippen molar-refractivity contribution in [3.8, 4) is 0 Å². The van der Waals surface area contributed by atoms with Gasteiger partial charge in [-0.05, 0) is 55.3 Å². The lowest BCUT2D eigenvalue weighted by molar-refractivity contribution is -0.121. The van der Waals surface area contributed by atoms with E-state index in [9.17, 15) is 9.59 Å². The number of hydrogen-bond acceptors (Lipinski definition) is 4. The smallest absolute Gasteiger partial charge is 0.220 e. The SMILES string of the molecule is O=C(CCC(=O)c1ccc2c(c1)CCNCC2)NCc1ccccn1. The van der Waals surface area contributed by atoms with Gasteiger partial charge < -0.3 is 10.6 Å². The molecule has 1 aliphatic heterocycles. The van der Waals surface area contributed by atoms with Crippen molar-refractivity contribution in [1.29, 1.82) is 0 Å². The topological polar surface area (TPSA) is 71.1 Å². The minimum atomic E-state index is -0.127. The predicted molar refractivity (Wildman–Crippen MR) is 96.4 cm³/mol. The largest absolute Gasteiger partial charge is 0.350 e. The highest BCUT2D eigenvalue weighted by Gasteiger charge is 2.13. The van der Waals surface area contributed by atoms with Crippen LogP contribution in [0, 0.1) is 0 Å². The van der Waals surface area contributed by atoms with E-state index in [1.54, 1.807) is 6.20 Å². The third kappa shape index (κ3) is 4.97. The Hall–Kier alpha value is -2.53. The molecule has 130 valence electrons. The van der Waals surface area contributed by atoms with Gasteiger partial charge in [0, 0.05) is 24.6 Å². The molecule has 0 aliphatic carbocycles. The first kappa shape index (κ1) is 17.3. The lowest BCUT2D eigenvalue weighted by atomic mass is 9.97. The van der Waals surface area contributed by atoms with Gasteiger partial charge in [-0.1, -0.05) is 18.2 Å². The molecule has 2 heterocycles. The van der Waals surface area contributed by atoms with Crippen LogP contribution in [-0.4, -0.2) is 29.8 Å². The second-order valence-electron chi connectivity index (χ2n) is 6.25. The molecule has 1 aromatic heterocycles. The highest BCUT2D eigenvalue weighted by atomic mass is 16.2. The number of aromatic nitrogens is 1. The minimum Gasteiger partial charge on any atom is -0.350 e. The maximum atomic E-state index is 12.4. The summed E-state index contributed by atoms with van der Waals surface area (Å²) in [5, 5.41) is 6.17. The molecule has 1 amide bonds. The van der Waals surface area contributed by atoms with Gasteiger partial charge in [0.1, 0.15) is 0 Å². The zero-order valence-corrected chi connectivity index (χ0v) is 14.3. The molecular formula is C20H23N3O2. The maximum Gasteiger partial charge on any atom is 0.220 e. The van der Waals surface area contributed by atoms with Crippen LogP contribution in [0.1, 0.15) is 40.0 Å². The number of ketones is 1. The molecule has 0 fully saturated rings. The fraction of sp³-hybridized carbons (Fsp3) is 0.350. The Kier molecular flexibility index (Phi) is 5.90. The Morgan fingerprint density at radius 1 is 1.04 bits per heavy atom. The summed E-state index contributed by atoms with van der Waals surface area (Å²) in [7, 11) is 0. The molecule has 1 aliphatic rings. The number of benzene rings is 1. The van der Waals surface area contributed by atoms with Crippen molar-refractivity contribution in [2.24, 2.45) is 0 Å². The Bertz CT molecular complexity index is 744. The van der Waals surface area contributed by atoms with Crippen LogP contribution in [0.3, 0.4) is 0 Å². The number of Topliss-reactive ketones (excluding diaryl/α,β-unsaturated/α-hetero) is 1. The molecule has 0 atom stereocenters.